The lowest BCUT2D eigenvalue weighted by molar-refractivity contribution is 0.0881. The molecule has 8 heteroatoms. The zero-order valence-electron chi connectivity index (χ0n) is 16.6. The molecule has 0 amide bonds. The smallest absolute Gasteiger partial charge is 0.228 e. The number of rotatable bonds is 4. The van der Waals surface area contributed by atoms with Gasteiger partial charge in [0.05, 0.1) is 16.7 Å². The average Bonchev–Trinajstić information content (AvgIpc) is 2.75. The summed E-state index contributed by atoms with van der Waals surface area (Å²) in [6, 6.07) is 14.3. The highest BCUT2D eigenvalue weighted by atomic mass is 19.1. The Bertz CT molecular complexity index is 1260. The molecule has 0 saturated carbocycles. The number of hydrogen-bond acceptors (Lipinski definition) is 7. The van der Waals surface area contributed by atoms with E-state index in [9.17, 15) is 9.18 Å². The number of ketones is 1. The fourth-order valence-corrected chi connectivity index (χ4v) is 3.42. The van der Waals surface area contributed by atoms with Crippen molar-refractivity contribution in [2.45, 2.75) is 19.1 Å². The van der Waals surface area contributed by atoms with Crippen molar-refractivity contribution >= 4 is 17.3 Å². The van der Waals surface area contributed by atoms with E-state index in [-0.39, 0.29) is 29.3 Å². The second-order valence-corrected chi connectivity index (χ2v) is 7.30. The molecule has 31 heavy (non-hydrogen) atoms. The first kappa shape index (κ1) is 20.0. The normalized spacial score (nSPS) is 17.1. The zero-order valence-corrected chi connectivity index (χ0v) is 16.6. The van der Waals surface area contributed by atoms with Gasteiger partial charge < -0.3 is 16.2 Å². The van der Waals surface area contributed by atoms with Gasteiger partial charge in [0.25, 0.3) is 0 Å². The fraction of sp³-hybridized carbons (Fsp3) is 0.130. The highest BCUT2D eigenvalue weighted by molar-refractivity contribution is 6.01. The van der Waals surface area contributed by atoms with Gasteiger partial charge >= 0.3 is 0 Å². The Labute approximate surface area is 177 Å². The molecule has 1 aromatic heterocycles. The standard InChI is InChI=1S/C23H18FN5O2/c1-23(29-22(27)16-10-15(26)4-7-21(16)31-23)17-8-13(2-5-18(17)24)9-20(30)19-6-3-14(11-25)12-28-19/h2-8,10,12H,9,26H2,1H3,(H2,27,29). The maximum absolute atomic E-state index is 14.8. The summed E-state index contributed by atoms with van der Waals surface area (Å²) >= 11 is 0. The number of benzene rings is 2. The lowest BCUT2D eigenvalue weighted by atomic mass is 9.97. The fourth-order valence-electron chi connectivity index (χ4n) is 3.42. The van der Waals surface area contributed by atoms with E-state index in [0.29, 0.717) is 28.1 Å². The molecule has 0 saturated heterocycles. The monoisotopic (exact) mass is 415 g/mol. The number of nitrogens with two attached hydrogens (primary N) is 2. The van der Waals surface area contributed by atoms with E-state index >= 15 is 0 Å². The minimum absolute atomic E-state index is 0.00538. The van der Waals surface area contributed by atoms with Gasteiger partial charge in [-0.3, -0.25) is 9.78 Å². The Morgan fingerprint density at radius 2 is 2.00 bits per heavy atom. The van der Waals surface area contributed by atoms with E-state index in [4.69, 9.17) is 21.5 Å². The number of ether oxygens (including phenoxy) is 1. The summed E-state index contributed by atoms with van der Waals surface area (Å²) in [6.07, 6.45) is 1.33. The molecule has 4 N–H and O–H groups in total. The quantitative estimate of drug-likeness (QED) is 0.498. The van der Waals surface area contributed by atoms with E-state index in [0.717, 1.165) is 0 Å². The third-order valence-corrected chi connectivity index (χ3v) is 5.00. The molecule has 1 aliphatic rings. The van der Waals surface area contributed by atoms with Crippen LogP contribution in [0.4, 0.5) is 10.1 Å². The van der Waals surface area contributed by atoms with Crippen molar-refractivity contribution < 1.29 is 13.9 Å². The number of amidine groups is 1. The van der Waals surface area contributed by atoms with Gasteiger partial charge in [0.15, 0.2) is 5.78 Å². The van der Waals surface area contributed by atoms with Crippen LogP contribution in [-0.2, 0) is 12.1 Å². The van der Waals surface area contributed by atoms with Gasteiger partial charge in [0, 0.05) is 25.2 Å². The SMILES string of the molecule is CC1(c2cc(CC(=O)c3ccc(C#N)cn3)ccc2F)N=C(N)c2cc(N)ccc2O1. The molecule has 1 unspecified atom stereocenters. The Kier molecular flexibility index (Phi) is 4.87. The van der Waals surface area contributed by atoms with Crippen molar-refractivity contribution in [1.29, 1.82) is 5.26 Å². The number of nitrogen functional groups attached to an aromatic ring is 1. The van der Waals surface area contributed by atoms with Crippen LogP contribution in [-0.4, -0.2) is 16.6 Å². The maximum atomic E-state index is 14.8. The Hall–Kier alpha value is -4.25. The van der Waals surface area contributed by atoms with Crippen molar-refractivity contribution in [3.63, 3.8) is 0 Å². The average molecular weight is 415 g/mol. The predicted molar refractivity (Wildman–Crippen MR) is 113 cm³/mol. The molecule has 0 bridgehead atoms. The minimum atomic E-state index is -1.41. The molecule has 7 nitrogen and oxygen atoms in total. The highest BCUT2D eigenvalue weighted by Crippen LogP contribution is 2.38. The van der Waals surface area contributed by atoms with E-state index in [1.165, 1.54) is 36.5 Å². The highest BCUT2D eigenvalue weighted by Gasteiger charge is 2.36. The molecule has 2 aromatic carbocycles. The van der Waals surface area contributed by atoms with Crippen LogP contribution in [0, 0.1) is 17.1 Å². The Morgan fingerprint density at radius 3 is 2.71 bits per heavy atom. The lowest BCUT2D eigenvalue weighted by Crippen LogP contribution is -2.36. The number of carbonyl (C=O) groups is 1. The minimum Gasteiger partial charge on any atom is -0.461 e. The number of Topliss-reactive ketones (excluding diaryl/α,β-unsaturated/α-hetero) is 1. The summed E-state index contributed by atoms with van der Waals surface area (Å²) in [4.78, 5) is 21.0. The summed E-state index contributed by atoms with van der Waals surface area (Å²) in [5.74, 6) is -0.184. The second kappa shape index (κ2) is 7.54. The number of fused-ring (bicyclic) bond motifs is 1. The van der Waals surface area contributed by atoms with Gasteiger partial charge in [-0.1, -0.05) is 6.07 Å². The van der Waals surface area contributed by atoms with Crippen molar-refractivity contribution in [3.8, 4) is 11.8 Å². The number of aliphatic imine (C=N–C) groups is 1. The zero-order chi connectivity index (χ0) is 22.2. The van der Waals surface area contributed by atoms with Gasteiger partial charge in [0.2, 0.25) is 5.72 Å². The van der Waals surface area contributed by atoms with Crippen LogP contribution in [0.15, 0.2) is 59.7 Å². The third kappa shape index (κ3) is 3.81. The first-order valence-electron chi connectivity index (χ1n) is 9.41. The summed E-state index contributed by atoms with van der Waals surface area (Å²) in [5.41, 5.74) is 12.8. The largest absolute Gasteiger partial charge is 0.461 e. The Balaban J connectivity index is 1.65. The second-order valence-electron chi connectivity index (χ2n) is 7.30. The molecule has 3 aromatic rings. The maximum Gasteiger partial charge on any atom is 0.228 e. The number of halogens is 1. The van der Waals surface area contributed by atoms with Crippen LogP contribution in [0.2, 0.25) is 0 Å². The molecule has 1 aliphatic heterocycles. The lowest BCUT2D eigenvalue weighted by Gasteiger charge is -2.33. The van der Waals surface area contributed by atoms with Crippen molar-refractivity contribution in [2.75, 3.05) is 5.73 Å². The van der Waals surface area contributed by atoms with Crippen molar-refractivity contribution in [1.82, 2.24) is 4.98 Å². The van der Waals surface area contributed by atoms with Gasteiger partial charge in [-0.15, -0.1) is 0 Å². The number of carbonyl (C=O) groups excluding carboxylic acids is 1. The molecule has 4 rings (SSSR count). The van der Waals surface area contributed by atoms with Crippen molar-refractivity contribution in [3.05, 3.63) is 88.5 Å². The molecule has 0 fully saturated rings. The number of aromatic nitrogens is 1. The Morgan fingerprint density at radius 1 is 1.19 bits per heavy atom. The topological polar surface area (TPSA) is 127 Å². The van der Waals surface area contributed by atoms with Crippen LogP contribution in [0.5, 0.6) is 5.75 Å². The van der Waals surface area contributed by atoms with Gasteiger partial charge in [0.1, 0.15) is 29.2 Å². The summed E-state index contributed by atoms with van der Waals surface area (Å²) < 4.78 is 20.8. The first-order valence-corrected chi connectivity index (χ1v) is 9.41. The molecular formula is C23H18FN5O2. The van der Waals surface area contributed by atoms with Crippen LogP contribution < -0.4 is 16.2 Å². The molecule has 154 valence electrons. The number of nitrogens with zero attached hydrogens (tertiary/aromatic N) is 3. The number of pyridine rings is 1. The van der Waals surface area contributed by atoms with E-state index in [2.05, 4.69) is 9.98 Å². The predicted octanol–water partition coefficient (Wildman–Crippen LogP) is 3.07. The number of hydrogen-bond donors (Lipinski definition) is 2. The van der Waals surface area contributed by atoms with Crippen LogP contribution in [0.1, 0.15) is 39.7 Å². The van der Waals surface area contributed by atoms with E-state index in [1.54, 1.807) is 25.1 Å². The summed E-state index contributed by atoms with van der Waals surface area (Å²) in [7, 11) is 0. The first-order chi connectivity index (χ1) is 14.8. The molecule has 0 spiro atoms. The van der Waals surface area contributed by atoms with Gasteiger partial charge in [-0.25, -0.2) is 9.38 Å². The summed E-state index contributed by atoms with van der Waals surface area (Å²) in [5, 5.41) is 8.85. The van der Waals surface area contributed by atoms with Crippen LogP contribution in [0.3, 0.4) is 0 Å². The number of nitriles is 1. The molecule has 1 atom stereocenters. The molecule has 0 aliphatic carbocycles. The molecule has 0 radical (unpaired) electrons. The van der Waals surface area contributed by atoms with Crippen LogP contribution in [0.25, 0.3) is 0 Å². The van der Waals surface area contributed by atoms with E-state index < -0.39 is 11.5 Å². The van der Waals surface area contributed by atoms with Crippen molar-refractivity contribution in [2.24, 2.45) is 10.7 Å². The van der Waals surface area contributed by atoms with Gasteiger partial charge in [-0.2, -0.15) is 5.26 Å². The third-order valence-electron chi connectivity index (χ3n) is 5.00. The molecular weight excluding hydrogens is 397 g/mol. The summed E-state index contributed by atoms with van der Waals surface area (Å²) in [6.45, 7) is 1.60. The van der Waals surface area contributed by atoms with E-state index in [1.807, 2.05) is 6.07 Å². The molecule has 2 heterocycles. The van der Waals surface area contributed by atoms with Gasteiger partial charge in [-0.05, 0) is 48.0 Å². The van der Waals surface area contributed by atoms with Crippen LogP contribution >= 0.6 is 0 Å². The number of anilines is 1.